The van der Waals surface area contributed by atoms with E-state index in [1.165, 1.54) is 12.8 Å². The lowest BCUT2D eigenvalue weighted by Gasteiger charge is -2.29. The van der Waals surface area contributed by atoms with E-state index in [1.54, 1.807) is 0 Å². The summed E-state index contributed by atoms with van der Waals surface area (Å²) in [5, 5.41) is 6.93. The lowest BCUT2D eigenvalue weighted by molar-refractivity contribution is 0.263. The third-order valence-corrected chi connectivity index (χ3v) is 3.72. The number of hydrogen-bond donors (Lipinski definition) is 2. The van der Waals surface area contributed by atoms with E-state index < -0.39 is 0 Å². The number of nitrogens with zero attached hydrogens (tertiary/aromatic N) is 3. The quantitative estimate of drug-likeness (QED) is 0.836. The molecule has 0 bridgehead atoms. The summed E-state index contributed by atoms with van der Waals surface area (Å²) in [7, 11) is 2.18. The molecule has 0 aliphatic carbocycles. The van der Waals surface area contributed by atoms with E-state index in [4.69, 9.17) is 0 Å². The summed E-state index contributed by atoms with van der Waals surface area (Å²) in [6, 6.07) is 2.57. The molecule has 5 heteroatoms. The van der Waals surface area contributed by atoms with Crippen LogP contribution in [0.3, 0.4) is 0 Å². The molecule has 1 saturated heterocycles. The minimum Gasteiger partial charge on any atom is -0.370 e. The molecule has 0 aromatic carbocycles. The van der Waals surface area contributed by atoms with Crippen molar-refractivity contribution in [1.29, 1.82) is 0 Å². The fourth-order valence-electron chi connectivity index (χ4n) is 2.43. The summed E-state index contributed by atoms with van der Waals surface area (Å²) in [5.74, 6) is 2.81. The van der Waals surface area contributed by atoms with Gasteiger partial charge in [-0.1, -0.05) is 13.8 Å². The normalized spacial score (nSPS) is 17.1. The predicted molar refractivity (Wildman–Crippen MR) is 84.3 cm³/mol. The van der Waals surface area contributed by atoms with Gasteiger partial charge in [0.2, 0.25) is 0 Å². The van der Waals surface area contributed by atoms with Crippen LogP contribution in [0, 0.1) is 0 Å². The van der Waals surface area contributed by atoms with Crippen molar-refractivity contribution in [2.75, 3.05) is 37.3 Å². The van der Waals surface area contributed by atoms with Gasteiger partial charge in [-0.05, 0) is 39.4 Å². The van der Waals surface area contributed by atoms with Crippen LogP contribution >= 0.6 is 0 Å². The molecule has 0 unspecified atom stereocenters. The van der Waals surface area contributed by atoms with Gasteiger partial charge >= 0.3 is 0 Å². The highest BCUT2D eigenvalue weighted by Gasteiger charge is 2.17. The van der Waals surface area contributed by atoms with Crippen molar-refractivity contribution in [2.45, 2.75) is 45.6 Å². The van der Waals surface area contributed by atoms with Crippen molar-refractivity contribution in [3.63, 3.8) is 0 Å². The number of hydrogen-bond acceptors (Lipinski definition) is 5. The monoisotopic (exact) mass is 277 g/mol. The Morgan fingerprint density at radius 1 is 1.20 bits per heavy atom. The van der Waals surface area contributed by atoms with Crippen molar-refractivity contribution >= 4 is 11.6 Å². The van der Waals surface area contributed by atoms with Crippen LogP contribution in [0.1, 0.15) is 38.9 Å². The van der Waals surface area contributed by atoms with E-state index in [1.807, 2.05) is 6.07 Å². The summed E-state index contributed by atoms with van der Waals surface area (Å²) in [6.07, 6.45) is 4.33. The number of aryl methyl sites for hydroxylation is 1. The van der Waals surface area contributed by atoms with Gasteiger partial charge in [0.25, 0.3) is 0 Å². The highest BCUT2D eigenvalue weighted by atomic mass is 15.1. The van der Waals surface area contributed by atoms with Crippen LogP contribution in [-0.4, -0.2) is 47.6 Å². The molecule has 0 spiro atoms. The second kappa shape index (κ2) is 7.43. The Labute approximate surface area is 122 Å². The summed E-state index contributed by atoms with van der Waals surface area (Å²) in [4.78, 5) is 11.5. The van der Waals surface area contributed by atoms with Crippen LogP contribution < -0.4 is 10.6 Å². The standard InChI is InChI=1S/C15H27N5/c1-4-8-16-14-11-15(19-13(5-2)18-14)17-12-6-9-20(3)10-7-12/h11-12H,4-10H2,1-3H3,(H2,16,17,18,19). The van der Waals surface area contributed by atoms with Crippen LogP contribution in [-0.2, 0) is 6.42 Å². The molecule has 2 N–H and O–H groups in total. The summed E-state index contributed by atoms with van der Waals surface area (Å²) in [6.45, 7) is 7.52. The molecular formula is C15H27N5. The lowest BCUT2D eigenvalue weighted by atomic mass is 10.1. The van der Waals surface area contributed by atoms with Crippen LogP contribution in [0.4, 0.5) is 11.6 Å². The fourth-order valence-corrected chi connectivity index (χ4v) is 2.43. The molecule has 1 fully saturated rings. The third kappa shape index (κ3) is 4.34. The van der Waals surface area contributed by atoms with Gasteiger partial charge in [-0.2, -0.15) is 0 Å². The zero-order valence-electron chi connectivity index (χ0n) is 12.9. The molecule has 0 amide bonds. The molecule has 2 rings (SSSR count). The maximum Gasteiger partial charge on any atom is 0.132 e. The van der Waals surface area contributed by atoms with E-state index in [-0.39, 0.29) is 0 Å². The fraction of sp³-hybridized carbons (Fsp3) is 0.733. The Morgan fingerprint density at radius 3 is 2.55 bits per heavy atom. The number of nitrogens with one attached hydrogen (secondary N) is 2. The molecule has 5 nitrogen and oxygen atoms in total. The van der Waals surface area contributed by atoms with Crippen LogP contribution in [0.5, 0.6) is 0 Å². The van der Waals surface area contributed by atoms with Gasteiger partial charge in [0.05, 0.1) is 0 Å². The van der Waals surface area contributed by atoms with E-state index in [0.29, 0.717) is 6.04 Å². The van der Waals surface area contributed by atoms with Crippen molar-refractivity contribution in [3.8, 4) is 0 Å². The Kier molecular flexibility index (Phi) is 5.59. The van der Waals surface area contributed by atoms with Gasteiger partial charge in [0.15, 0.2) is 0 Å². The van der Waals surface area contributed by atoms with Crippen molar-refractivity contribution in [2.24, 2.45) is 0 Å². The molecule has 1 aliphatic rings. The van der Waals surface area contributed by atoms with E-state index in [0.717, 1.165) is 49.9 Å². The smallest absolute Gasteiger partial charge is 0.132 e. The van der Waals surface area contributed by atoms with Crippen molar-refractivity contribution in [3.05, 3.63) is 11.9 Å². The molecule has 0 saturated carbocycles. The molecular weight excluding hydrogens is 250 g/mol. The Bertz CT molecular complexity index is 413. The molecule has 0 radical (unpaired) electrons. The van der Waals surface area contributed by atoms with Crippen molar-refractivity contribution < 1.29 is 0 Å². The number of aromatic nitrogens is 2. The summed E-state index contributed by atoms with van der Waals surface area (Å²) >= 11 is 0. The van der Waals surface area contributed by atoms with Crippen LogP contribution in [0.2, 0.25) is 0 Å². The summed E-state index contributed by atoms with van der Waals surface area (Å²) in [5.41, 5.74) is 0. The number of anilines is 2. The second-order valence-corrected chi connectivity index (χ2v) is 5.56. The largest absolute Gasteiger partial charge is 0.370 e. The highest BCUT2D eigenvalue weighted by molar-refractivity contribution is 5.48. The molecule has 1 aromatic rings. The van der Waals surface area contributed by atoms with Gasteiger partial charge in [0.1, 0.15) is 17.5 Å². The van der Waals surface area contributed by atoms with Gasteiger partial charge in [0, 0.05) is 25.1 Å². The minimum atomic E-state index is 0.532. The molecule has 112 valence electrons. The van der Waals surface area contributed by atoms with Gasteiger partial charge in [-0.15, -0.1) is 0 Å². The average Bonchev–Trinajstić information content (AvgIpc) is 2.47. The number of likely N-dealkylation sites (tertiary alicyclic amines) is 1. The van der Waals surface area contributed by atoms with E-state index in [2.05, 4.69) is 46.4 Å². The average molecular weight is 277 g/mol. The first-order valence-corrected chi connectivity index (χ1v) is 7.78. The van der Waals surface area contributed by atoms with Crippen LogP contribution in [0.15, 0.2) is 6.07 Å². The first-order chi connectivity index (χ1) is 9.71. The zero-order chi connectivity index (χ0) is 14.4. The molecule has 0 atom stereocenters. The Balaban J connectivity index is 2.02. The van der Waals surface area contributed by atoms with E-state index in [9.17, 15) is 0 Å². The summed E-state index contributed by atoms with van der Waals surface area (Å²) < 4.78 is 0. The Morgan fingerprint density at radius 2 is 1.90 bits per heavy atom. The maximum atomic E-state index is 4.60. The van der Waals surface area contributed by atoms with E-state index >= 15 is 0 Å². The maximum absolute atomic E-state index is 4.60. The SMILES string of the molecule is CCCNc1cc(NC2CCN(C)CC2)nc(CC)n1. The highest BCUT2D eigenvalue weighted by Crippen LogP contribution is 2.17. The number of piperidine rings is 1. The lowest BCUT2D eigenvalue weighted by Crippen LogP contribution is -2.37. The van der Waals surface area contributed by atoms with Crippen molar-refractivity contribution in [1.82, 2.24) is 14.9 Å². The topological polar surface area (TPSA) is 53.1 Å². The molecule has 1 aliphatic heterocycles. The minimum absolute atomic E-state index is 0.532. The number of rotatable bonds is 6. The van der Waals surface area contributed by atoms with Crippen LogP contribution in [0.25, 0.3) is 0 Å². The second-order valence-electron chi connectivity index (χ2n) is 5.56. The first kappa shape index (κ1) is 15.0. The molecule has 2 heterocycles. The molecule has 1 aromatic heterocycles. The third-order valence-electron chi connectivity index (χ3n) is 3.72. The van der Waals surface area contributed by atoms with Gasteiger partial charge in [-0.3, -0.25) is 0 Å². The Hall–Kier alpha value is -1.36. The predicted octanol–water partition coefficient (Wildman–Crippen LogP) is 2.37. The first-order valence-electron chi connectivity index (χ1n) is 7.78. The molecule has 20 heavy (non-hydrogen) atoms. The van der Waals surface area contributed by atoms with Gasteiger partial charge in [-0.25, -0.2) is 9.97 Å². The van der Waals surface area contributed by atoms with Gasteiger partial charge < -0.3 is 15.5 Å². The zero-order valence-corrected chi connectivity index (χ0v) is 12.9.